The van der Waals surface area contributed by atoms with Crippen LogP contribution in [0.1, 0.15) is 69.8 Å². The lowest BCUT2D eigenvalue weighted by Crippen LogP contribution is -2.13. The summed E-state index contributed by atoms with van der Waals surface area (Å²) in [6.07, 6.45) is 5.11. The van der Waals surface area contributed by atoms with Gasteiger partial charge in [-0.1, -0.05) is 57.2 Å². The molecule has 0 saturated carbocycles. The third-order valence-corrected chi connectivity index (χ3v) is 8.83. The fourth-order valence-electron chi connectivity index (χ4n) is 5.09. The van der Waals surface area contributed by atoms with Gasteiger partial charge in [-0.2, -0.15) is 0 Å². The molecule has 6 aromatic heterocycles. The Morgan fingerprint density at radius 3 is 1.82 bits per heavy atom. The number of fused-ring (bicyclic) bond motifs is 2. The molecular formula is C40H36N6O4S. The molecule has 10 nitrogen and oxygen atoms in total. The molecule has 11 heteroatoms. The summed E-state index contributed by atoms with van der Waals surface area (Å²) in [5.41, 5.74) is 7.00. The minimum atomic E-state index is -0.407. The zero-order valence-corrected chi connectivity index (χ0v) is 29.8. The van der Waals surface area contributed by atoms with Gasteiger partial charge < -0.3 is 9.47 Å². The van der Waals surface area contributed by atoms with Crippen molar-refractivity contribution in [1.82, 2.24) is 29.9 Å². The number of aromatic nitrogens is 6. The molecule has 0 saturated heterocycles. The van der Waals surface area contributed by atoms with Gasteiger partial charge in [-0.3, -0.25) is 4.98 Å². The molecule has 0 aliphatic rings. The van der Waals surface area contributed by atoms with Gasteiger partial charge in [0.2, 0.25) is 0 Å². The number of nitrogens with zero attached hydrogens (tertiary/aromatic N) is 6. The number of ether oxygens (including phenoxy) is 2. The second kappa shape index (κ2) is 15.3. The number of carbonyl (C=O) groups excluding carboxylic acids is 2. The van der Waals surface area contributed by atoms with Gasteiger partial charge in [-0.15, -0.1) is 11.3 Å². The Morgan fingerprint density at radius 2 is 1.27 bits per heavy atom. The number of esters is 2. The van der Waals surface area contributed by atoms with Gasteiger partial charge in [0.15, 0.2) is 11.3 Å². The van der Waals surface area contributed by atoms with Crippen LogP contribution in [0.2, 0.25) is 0 Å². The van der Waals surface area contributed by atoms with Crippen LogP contribution in [0.25, 0.3) is 32.6 Å². The van der Waals surface area contributed by atoms with E-state index < -0.39 is 11.9 Å². The summed E-state index contributed by atoms with van der Waals surface area (Å²) in [7, 11) is 0. The minimum Gasteiger partial charge on any atom is -0.457 e. The van der Waals surface area contributed by atoms with E-state index in [-0.39, 0.29) is 18.6 Å². The maximum absolute atomic E-state index is 12.5. The first-order valence-electron chi connectivity index (χ1n) is 16.3. The van der Waals surface area contributed by atoms with Crippen LogP contribution in [0.4, 0.5) is 0 Å². The third kappa shape index (κ3) is 8.63. The van der Waals surface area contributed by atoms with Crippen molar-refractivity contribution >= 4 is 45.3 Å². The molecule has 51 heavy (non-hydrogen) atoms. The first-order chi connectivity index (χ1) is 24.5. The van der Waals surface area contributed by atoms with E-state index in [1.165, 1.54) is 11.3 Å². The van der Waals surface area contributed by atoms with Crippen molar-refractivity contribution in [3.63, 3.8) is 0 Å². The Hall–Kier alpha value is -5.94. The molecule has 7 aromatic rings. The number of pyridine rings is 5. The summed E-state index contributed by atoms with van der Waals surface area (Å²) in [4.78, 5) is 51.0. The predicted octanol–water partition coefficient (Wildman–Crippen LogP) is 8.41. The van der Waals surface area contributed by atoms with Crippen molar-refractivity contribution in [3.05, 3.63) is 142 Å². The first-order valence-corrected chi connectivity index (χ1v) is 17.2. The summed E-state index contributed by atoms with van der Waals surface area (Å²) in [6, 6.07) is 24.8. The van der Waals surface area contributed by atoms with Gasteiger partial charge in [0.1, 0.15) is 18.2 Å². The smallest absolute Gasteiger partial charge is 0.340 e. The van der Waals surface area contributed by atoms with Crippen molar-refractivity contribution in [2.75, 3.05) is 0 Å². The Bertz CT molecular complexity index is 2320. The molecule has 0 aliphatic carbocycles. The summed E-state index contributed by atoms with van der Waals surface area (Å²) in [6.45, 7) is 10.2. The number of thiazole rings is 1. The van der Waals surface area contributed by atoms with Crippen LogP contribution in [0.5, 0.6) is 0 Å². The van der Waals surface area contributed by atoms with Crippen LogP contribution in [0, 0.1) is 13.8 Å². The number of hydrogen-bond acceptors (Lipinski definition) is 11. The van der Waals surface area contributed by atoms with Crippen molar-refractivity contribution in [3.8, 4) is 10.6 Å². The fourth-order valence-corrected chi connectivity index (χ4v) is 5.90. The van der Waals surface area contributed by atoms with E-state index in [1.807, 2.05) is 72.1 Å². The predicted molar refractivity (Wildman–Crippen MR) is 197 cm³/mol. The topological polar surface area (TPSA) is 130 Å². The van der Waals surface area contributed by atoms with Crippen LogP contribution in [-0.4, -0.2) is 41.8 Å². The largest absolute Gasteiger partial charge is 0.457 e. The van der Waals surface area contributed by atoms with E-state index >= 15 is 0 Å². The molecule has 7 rings (SSSR count). The van der Waals surface area contributed by atoms with Crippen LogP contribution in [-0.2, 0) is 28.1 Å². The quantitative estimate of drug-likeness (QED) is 0.150. The van der Waals surface area contributed by atoms with Gasteiger partial charge >= 0.3 is 11.9 Å². The molecule has 0 atom stereocenters. The van der Waals surface area contributed by atoms with Gasteiger partial charge in [0, 0.05) is 57.0 Å². The van der Waals surface area contributed by atoms with E-state index in [1.54, 1.807) is 44.6 Å². The first kappa shape index (κ1) is 34.9. The highest BCUT2D eigenvalue weighted by molar-refractivity contribution is 7.13. The standard InChI is InChI=1S/C20H15N3O2S.C20H21N3O2/c1-13-17(10-15-8-5-9-21-18(15)22-13)20(24)25-11-16-12-26-19(23-16)14-6-3-2-4-7-14;1-13-16(10-15-6-5-9-21-18(15)23-13)19(24)25-12-14-7-8-17(22-11-14)20(2,3)4/h2-10,12H,11H2,1H3;5-11H,12H2,1-4H3. The fraction of sp³-hybridized carbons (Fsp3) is 0.200. The number of hydrogen-bond donors (Lipinski definition) is 0. The van der Waals surface area contributed by atoms with E-state index in [0.717, 1.165) is 38.3 Å². The molecule has 0 radical (unpaired) electrons. The Labute approximate surface area is 299 Å². The lowest BCUT2D eigenvalue weighted by atomic mass is 9.91. The number of carbonyl (C=O) groups is 2. The molecule has 0 unspecified atom stereocenters. The zero-order chi connectivity index (χ0) is 36.0. The van der Waals surface area contributed by atoms with Crippen LogP contribution < -0.4 is 0 Å². The molecule has 0 aliphatic heterocycles. The maximum atomic E-state index is 12.5. The normalized spacial score (nSPS) is 11.2. The van der Waals surface area contributed by atoms with Crippen molar-refractivity contribution in [2.45, 2.75) is 53.2 Å². The second-order valence-electron chi connectivity index (χ2n) is 12.8. The Balaban J connectivity index is 0.000000176. The SMILES string of the molecule is Cc1nc2ncccc2cc1C(=O)OCc1ccc(C(C)(C)C)nc1.Cc1nc2ncccc2cc1C(=O)OCc1csc(-c2ccccc2)n1. The van der Waals surface area contributed by atoms with Gasteiger partial charge in [-0.25, -0.2) is 34.5 Å². The summed E-state index contributed by atoms with van der Waals surface area (Å²) in [5.74, 6) is -0.800. The molecule has 0 N–H and O–H groups in total. The molecule has 1 aromatic carbocycles. The highest BCUT2D eigenvalue weighted by Gasteiger charge is 2.17. The summed E-state index contributed by atoms with van der Waals surface area (Å²) < 4.78 is 10.9. The molecule has 0 amide bonds. The van der Waals surface area contributed by atoms with E-state index in [0.29, 0.717) is 33.8 Å². The van der Waals surface area contributed by atoms with E-state index in [9.17, 15) is 9.59 Å². The summed E-state index contributed by atoms with van der Waals surface area (Å²) in [5, 5.41) is 4.44. The molecule has 0 fully saturated rings. The van der Waals surface area contributed by atoms with E-state index in [2.05, 4.69) is 50.7 Å². The monoisotopic (exact) mass is 696 g/mol. The summed E-state index contributed by atoms with van der Waals surface area (Å²) >= 11 is 1.53. The molecule has 0 spiro atoms. The second-order valence-corrected chi connectivity index (χ2v) is 13.7. The van der Waals surface area contributed by atoms with Crippen molar-refractivity contribution in [2.24, 2.45) is 0 Å². The van der Waals surface area contributed by atoms with Gasteiger partial charge in [0.25, 0.3) is 0 Å². The van der Waals surface area contributed by atoms with Gasteiger partial charge in [-0.05, 0) is 56.3 Å². The van der Waals surface area contributed by atoms with Crippen LogP contribution in [0.3, 0.4) is 0 Å². The maximum Gasteiger partial charge on any atom is 0.340 e. The number of benzene rings is 1. The average Bonchev–Trinajstić information content (AvgIpc) is 3.62. The Morgan fingerprint density at radius 1 is 0.686 bits per heavy atom. The molecule has 256 valence electrons. The average molecular weight is 697 g/mol. The highest BCUT2D eigenvalue weighted by atomic mass is 32.1. The van der Waals surface area contributed by atoms with E-state index in [4.69, 9.17) is 9.47 Å². The molecular weight excluding hydrogens is 661 g/mol. The number of aryl methyl sites for hydroxylation is 2. The lowest BCUT2D eigenvalue weighted by molar-refractivity contribution is 0.0460. The highest BCUT2D eigenvalue weighted by Crippen LogP contribution is 2.24. The number of rotatable bonds is 7. The molecule has 6 heterocycles. The minimum absolute atomic E-state index is 0.00286. The Kier molecular flexibility index (Phi) is 10.5. The zero-order valence-electron chi connectivity index (χ0n) is 29.0. The van der Waals surface area contributed by atoms with Crippen LogP contribution >= 0.6 is 11.3 Å². The van der Waals surface area contributed by atoms with Crippen LogP contribution in [0.15, 0.2) is 103 Å². The molecule has 0 bridgehead atoms. The third-order valence-electron chi connectivity index (χ3n) is 7.89. The van der Waals surface area contributed by atoms with Gasteiger partial charge in [0.05, 0.1) is 28.2 Å². The lowest BCUT2D eigenvalue weighted by Gasteiger charge is -2.17. The van der Waals surface area contributed by atoms with Crippen molar-refractivity contribution < 1.29 is 19.1 Å². The van der Waals surface area contributed by atoms with Crippen molar-refractivity contribution in [1.29, 1.82) is 0 Å².